The molecule has 2 aromatic heterocycles. The van der Waals surface area contributed by atoms with Crippen LogP contribution in [0.3, 0.4) is 0 Å². The van der Waals surface area contributed by atoms with Gasteiger partial charge in [-0.3, -0.25) is 0 Å². The molecule has 0 saturated heterocycles. The summed E-state index contributed by atoms with van der Waals surface area (Å²) in [4.78, 5) is 6.46. The highest BCUT2D eigenvalue weighted by molar-refractivity contribution is 7.20. The van der Waals surface area contributed by atoms with E-state index in [1.165, 1.54) is 37.0 Å². The number of aromatic nitrogens is 1. The van der Waals surface area contributed by atoms with Crippen molar-refractivity contribution in [3.05, 3.63) is 64.5 Å². The zero-order chi connectivity index (χ0) is 16.8. The molecule has 0 fully saturated rings. The lowest BCUT2D eigenvalue weighted by atomic mass is 10.0. The van der Waals surface area contributed by atoms with Crippen LogP contribution in [0.5, 0.6) is 0 Å². The van der Waals surface area contributed by atoms with Crippen LogP contribution in [-0.2, 0) is 0 Å². The highest BCUT2D eigenvalue weighted by Gasteiger charge is 2.15. The van der Waals surface area contributed by atoms with Crippen LogP contribution in [0.1, 0.15) is 35.8 Å². The van der Waals surface area contributed by atoms with E-state index in [0.29, 0.717) is 5.92 Å². The molecule has 0 aliphatic carbocycles. The predicted molar refractivity (Wildman–Crippen MR) is 106 cm³/mol. The van der Waals surface area contributed by atoms with Crippen molar-refractivity contribution in [3.63, 3.8) is 0 Å². The molecule has 24 heavy (non-hydrogen) atoms. The van der Waals surface area contributed by atoms with Crippen molar-refractivity contribution in [2.24, 2.45) is 0 Å². The molecule has 0 aliphatic heterocycles. The van der Waals surface area contributed by atoms with Crippen molar-refractivity contribution in [2.45, 2.75) is 33.6 Å². The smallest absolute Gasteiger partial charge is 0.0796 e. The number of fused-ring (bicyclic) bond motifs is 3. The van der Waals surface area contributed by atoms with Crippen molar-refractivity contribution in [1.82, 2.24) is 4.98 Å². The molecule has 0 aliphatic rings. The van der Waals surface area contributed by atoms with Crippen molar-refractivity contribution in [3.8, 4) is 11.3 Å². The Morgan fingerprint density at radius 3 is 2.29 bits per heavy atom. The van der Waals surface area contributed by atoms with Gasteiger partial charge < -0.3 is 0 Å². The van der Waals surface area contributed by atoms with Crippen LogP contribution >= 0.6 is 11.3 Å². The van der Waals surface area contributed by atoms with Crippen molar-refractivity contribution >= 4 is 32.3 Å². The second-order valence-corrected chi connectivity index (χ2v) is 7.98. The summed E-state index contributed by atoms with van der Waals surface area (Å²) in [6.07, 6.45) is 0. The monoisotopic (exact) mass is 331 g/mol. The Morgan fingerprint density at radius 2 is 1.58 bits per heavy atom. The highest BCUT2D eigenvalue weighted by Crippen LogP contribution is 2.40. The second-order valence-electron chi connectivity index (χ2n) is 6.90. The lowest BCUT2D eigenvalue weighted by molar-refractivity contribution is 0.890. The normalized spacial score (nSPS) is 11.7. The SMILES string of the molecule is Cc1cc(C)cc(-c2nc3ccccc3c3sc(C(C)C)cc23)c1. The Hall–Kier alpha value is -2.19. The summed E-state index contributed by atoms with van der Waals surface area (Å²) in [5.74, 6) is 0.535. The zero-order valence-corrected chi connectivity index (χ0v) is 15.4. The van der Waals surface area contributed by atoms with Gasteiger partial charge in [0.1, 0.15) is 0 Å². The number of pyridine rings is 1. The van der Waals surface area contributed by atoms with Crippen LogP contribution in [0.2, 0.25) is 0 Å². The first-order valence-corrected chi connectivity index (χ1v) is 9.25. The topological polar surface area (TPSA) is 12.9 Å². The summed E-state index contributed by atoms with van der Waals surface area (Å²) < 4.78 is 1.36. The van der Waals surface area contributed by atoms with Gasteiger partial charge in [-0.2, -0.15) is 0 Å². The van der Waals surface area contributed by atoms with Crippen molar-refractivity contribution in [2.75, 3.05) is 0 Å². The van der Waals surface area contributed by atoms with E-state index in [9.17, 15) is 0 Å². The molecule has 0 spiro atoms. The Kier molecular flexibility index (Phi) is 3.65. The molecule has 0 radical (unpaired) electrons. The van der Waals surface area contributed by atoms with Crippen molar-refractivity contribution in [1.29, 1.82) is 0 Å². The van der Waals surface area contributed by atoms with E-state index in [0.717, 1.165) is 11.2 Å². The molecule has 0 amide bonds. The summed E-state index contributed by atoms with van der Waals surface area (Å²) in [7, 11) is 0. The predicted octanol–water partition coefficient (Wildman–Crippen LogP) is 6.86. The molecule has 0 N–H and O–H groups in total. The number of rotatable bonds is 2. The summed E-state index contributed by atoms with van der Waals surface area (Å²) >= 11 is 1.91. The van der Waals surface area contributed by atoms with Crippen LogP contribution in [0, 0.1) is 13.8 Å². The molecule has 2 heterocycles. The van der Waals surface area contributed by atoms with E-state index in [1.54, 1.807) is 0 Å². The molecule has 0 unspecified atom stereocenters. The van der Waals surface area contributed by atoms with Crippen LogP contribution in [-0.4, -0.2) is 4.98 Å². The molecular weight excluding hydrogens is 310 g/mol. The van der Waals surface area contributed by atoms with E-state index in [2.05, 4.69) is 76.2 Å². The van der Waals surface area contributed by atoms with Gasteiger partial charge in [-0.1, -0.05) is 49.2 Å². The third kappa shape index (κ3) is 2.51. The minimum absolute atomic E-state index is 0.535. The largest absolute Gasteiger partial charge is 0.247 e. The molecule has 120 valence electrons. The van der Waals surface area contributed by atoms with E-state index < -0.39 is 0 Å². The van der Waals surface area contributed by atoms with Gasteiger partial charge in [0.05, 0.1) is 11.2 Å². The molecule has 0 bridgehead atoms. The Bertz CT molecular complexity index is 1040. The quantitative estimate of drug-likeness (QED) is 0.391. The molecule has 0 atom stereocenters. The first-order chi connectivity index (χ1) is 11.5. The number of para-hydroxylation sites is 1. The Labute approximate surface area is 147 Å². The van der Waals surface area contributed by atoms with Gasteiger partial charge in [0.25, 0.3) is 0 Å². The first kappa shape index (κ1) is 15.3. The van der Waals surface area contributed by atoms with E-state index >= 15 is 0 Å². The average Bonchev–Trinajstić information content (AvgIpc) is 2.99. The second kappa shape index (κ2) is 5.71. The lowest BCUT2D eigenvalue weighted by Crippen LogP contribution is -1.89. The number of thiophene rings is 1. The standard InChI is InChI=1S/C22H21NS/c1-13(2)20-12-18-21(16-10-14(3)9-15(4)11-16)23-19-8-6-5-7-17(19)22(18)24-20/h5-13H,1-4H3. The van der Waals surface area contributed by atoms with Crippen LogP contribution in [0.15, 0.2) is 48.5 Å². The van der Waals surface area contributed by atoms with Gasteiger partial charge in [0.15, 0.2) is 0 Å². The maximum atomic E-state index is 5.04. The van der Waals surface area contributed by atoms with Gasteiger partial charge in [0.2, 0.25) is 0 Å². The fourth-order valence-electron chi connectivity index (χ4n) is 3.35. The number of hydrogen-bond acceptors (Lipinski definition) is 2. The number of nitrogens with zero attached hydrogens (tertiary/aromatic N) is 1. The lowest BCUT2D eigenvalue weighted by Gasteiger charge is -2.08. The molecule has 0 saturated carbocycles. The summed E-state index contributed by atoms with van der Waals surface area (Å²) in [5.41, 5.74) is 5.98. The molecule has 2 heteroatoms. The zero-order valence-electron chi connectivity index (χ0n) is 14.6. The summed E-state index contributed by atoms with van der Waals surface area (Å²) in [6.45, 7) is 8.83. The van der Waals surface area contributed by atoms with Crippen LogP contribution in [0.4, 0.5) is 0 Å². The highest BCUT2D eigenvalue weighted by atomic mass is 32.1. The van der Waals surface area contributed by atoms with Crippen molar-refractivity contribution < 1.29 is 0 Å². The summed E-state index contributed by atoms with van der Waals surface area (Å²) in [5, 5.41) is 2.55. The van der Waals surface area contributed by atoms with E-state index in [1.807, 2.05) is 11.3 Å². The third-order valence-electron chi connectivity index (χ3n) is 4.45. The molecular formula is C22H21NS. The van der Waals surface area contributed by atoms with Gasteiger partial charge >= 0.3 is 0 Å². The molecule has 1 nitrogen and oxygen atoms in total. The molecule has 2 aromatic carbocycles. The summed E-state index contributed by atoms with van der Waals surface area (Å²) in [6, 6.07) is 17.5. The molecule has 4 rings (SSSR count). The Balaban J connectivity index is 2.12. The van der Waals surface area contributed by atoms with Crippen LogP contribution < -0.4 is 0 Å². The fraction of sp³-hybridized carbons (Fsp3) is 0.227. The van der Waals surface area contributed by atoms with E-state index in [4.69, 9.17) is 4.98 Å². The van der Waals surface area contributed by atoms with E-state index in [-0.39, 0.29) is 0 Å². The average molecular weight is 331 g/mol. The van der Waals surface area contributed by atoms with Gasteiger partial charge in [0, 0.05) is 25.9 Å². The first-order valence-electron chi connectivity index (χ1n) is 8.44. The number of aryl methyl sites for hydroxylation is 2. The molecule has 4 aromatic rings. The van der Waals surface area contributed by atoms with Crippen LogP contribution in [0.25, 0.3) is 32.2 Å². The van der Waals surface area contributed by atoms with Gasteiger partial charge in [-0.05, 0) is 44.0 Å². The Morgan fingerprint density at radius 1 is 0.875 bits per heavy atom. The minimum atomic E-state index is 0.535. The maximum absolute atomic E-state index is 5.04. The number of hydrogen-bond donors (Lipinski definition) is 0. The fourth-order valence-corrected chi connectivity index (χ4v) is 4.54. The van der Waals surface area contributed by atoms with Gasteiger partial charge in [-0.15, -0.1) is 11.3 Å². The minimum Gasteiger partial charge on any atom is -0.247 e. The van der Waals surface area contributed by atoms with Gasteiger partial charge in [-0.25, -0.2) is 4.98 Å². The third-order valence-corrected chi connectivity index (χ3v) is 5.92. The number of benzene rings is 2. The maximum Gasteiger partial charge on any atom is 0.0796 e.